The fraction of sp³-hybridized carbons (Fsp3) is 0.757. The summed E-state index contributed by atoms with van der Waals surface area (Å²) >= 11 is 0. The number of hydrogen-bond acceptors (Lipinski definition) is 9. The second-order valence-corrected chi connectivity index (χ2v) is 15.5. The number of likely N-dealkylation sites (tertiary alicyclic amines) is 1. The summed E-state index contributed by atoms with van der Waals surface area (Å²) in [5, 5.41) is 14.4. The number of carbonyl (C=O) groups is 9. The summed E-state index contributed by atoms with van der Waals surface area (Å²) in [6.07, 6.45) is 1.09. The summed E-state index contributed by atoms with van der Waals surface area (Å²) in [7, 11) is 6.76. The highest BCUT2D eigenvalue weighted by Gasteiger charge is 2.40. The van der Waals surface area contributed by atoms with E-state index in [2.05, 4.69) is 10.6 Å². The molecular weight excluding hydrogens is 730 g/mol. The molecule has 1 fully saturated rings. The van der Waals surface area contributed by atoms with Gasteiger partial charge >= 0.3 is 6.09 Å². The van der Waals surface area contributed by atoms with Crippen molar-refractivity contribution in [1.29, 1.82) is 0 Å². The Kier molecular flexibility index (Phi) is 19.2. The molecule has 318 valence electrons. The number of rotatable bonds is 19. The topological polar surface area (TPSA) is 243 Å². The molecule has 1 aliphatic rings. The molecule has 0 saturated carbocycles. The molecule has 0 radical (unpaired) electrons. The summed E-state index contributed by atoms with van der Waals surface area (Å²) in [5.74, 6) is -5.42. The van der Waals surface area contributed by atoms with E-state index in [4.69, 9.17) is 5.73 Å². The van der Waals surface area contributed by atoms with E-state index in [9.17, 15) is 48.3 Å². The minimum absolute atomic E-state index is 0.0433. The highest BCUT2D eigenvalue weighted by atomic mass is 16.4. The number of piperidine rings is 1. The van der Waals surface area contributed by atoms with Gasteiger partial charge in [-0.3, -0.25) is 43.3 Å². The van der Waals surface area contributed by atoms with E-state index in [-0.39, 0.29) is 18.8 Å². The Morgan fingerprint density at radius 3 is 1.68 bits per heavy atom. The molecule has 1 saturated heterocycles. The van der Waals surface area contributed by atoms with Crippen molar-refractivity contribution in [3.05, 3.63) is 0 Å². The molecule has 0 bridgehead atoms. The molecule has 1 aliphatic heterocycles. The average molecular weight is 796 g/mol. The fourth-order valence-electron chi connectivity index (χ4n) is 6.38. The van der Waals surface area contributed by atoms with Crippen LogP contribution in [0.2, 0.25) is 0 Å². The van der Waals surface area contributed by atoms with E-state index in [1.54, 1.807) is 18.7 Å². The van der Waals surface area contributed by atoms with Crippen molar-refractivity contribution in [3.63, 3.8) is 0 Å². The van der Waals surface area contributed by atoms with Crippen LogP contribution in [-0.2, 0) is 38.4 Å². The Morgan fingerprint density at radius 1 is 0.679 bits per heavy atom. The monoisotopic (exact) mass is 795 g/mol. The van der Waals surface area contributed by atoms with E-state index in [1.165, 1.54) is 65.8 Å². The molecule has 1 heterocycles. The van der Waals surface area contributed by atoms with Gasteiger partial charge in [0.2, 0.25) is 47.3 Å². The number of carbonyl (C=O) groups excluding carboxylic acids is 8. The van der Waals surface area contributed by atoms with Crippen molar-refractivity contribution in [2.45, 2.75) is 117 Å². The van der Waals surface area contributed by atoms with Crippen LogP contribution in [0.3, 0.4) is 0 Å². The maximum absolute atomic E-state index is 13.9. The van der Waals surface area contributed by atoms with Crippen LogP contribution in [0.4, 0.5) is 4.79 Å². The molecule has 56 heavy (non-hydrogen) atoms. The van der Waals surface area contributed by atoms with Gasteiger partial charge < -0.3 is 46.0 Å². The lowest BCUT2D eigenvalue weighted by Gasteiger charge is -2.39. The fourth-order valence-corrected chi connectivity index (χ4v) is 6.38. The molecule has 9 amide bonds. The molecule has 0 spiro atoms. The van der Waals surface area contributed by atoms with Gasteiger partial charge in [0.15, 0.2) is 0 Å². The molecule has 0 aromatic rings. The lowest BCUT2D eigenvalue weighted by atomic mass is 9.98. The number of nitrogens with one attached hydrogen (secondary N) is 2. The predicted molar refractivity (Wildman–Crippen MR) is 206 cm³/mol. The lowest BCUT2D eigenvalue weighted by Crippen LogP contribution is -2.60. The van der Waals surface area contributed by atoms with Crippen LogP contribution in [0.5, 0.6) is 0 Å². The van der Waals surface area contributed by atoms with E-state index < -0.39 is 102 Å². The van der Waals surface area contributed by atoms with Crippen molar-refractivity contribution in [3.8, 4) is 0 Å². The zero-order valence-electron chi connectivity index (χ0n) is 35.2. The van der Waals surface area contributed by atoms with Crippen molar-refractivity contribution >= 4 is 53.4 Å². The molecule has 0 unspecified atom stereocenters. The maximum Gasteiger partial charge on any atom is 0.407 e. The van der Waals surface area contributed by atoms with Gasteiger partial charge in [0.25, 0.3) is 0 Å². The quantitative estimate of drug-likeness (QED) is 0.131. The van der Waals surface area contributed by atoms with Crippen LogP contribution in [0.25, 0.3) is 0 Å². The highest BCUT2D eigenvalue weighted by molar-refractivity contribution is 5.97. The largest absolute Gasteiger partial charge is 0.465 e. The molecule has 6 atom stereocenters. The van der Waals surface area contributed by atoms with Crippen molar-refractivity contribution in [1.82, 2.24) is 40.0 Å². The number of amides is 9. The van der Waals surface area contributed by atoms with Crippen molar-refractivity contribution in [2.75, 3.05) is 54.9 Å². The highest BCUT2D eigenvalue weighted by Crippen LogP contribution is 2.19. The maximum atomic E-state index is 13.9. The van der Waals surface area contributed by atoms with Gasteiger partial charge in [-0.15, -0.1) is 0 Å². The number of nitrogens with two attached hydrogens (primary N) is 1. The number of nitrogens with zero attached hydrogens (tertiary/aromatic N) is 6. The number of primary amides is 1. The van der Waals surface area contributed by atoms with Gasteiger partial charge in [-0.1, -0.05) is 27.7 Å². The summed E-state index contributed by atoms with van der Waals surface area (Å²) in [6.45, 7) is 11.9. The van der Waals surface area contributed by atoms with Crippen LogP contribution < -0.4 is 16.4 Å². The Morgan fingerprint density at radius 2 is 1.20 bits per heavy atom. The Bertz CT molecular complexity index is 1450. The van der Waals surface area contributed by atoms with E-state index in [0.29, 0.717) is 13.1 Å². The number of carboxylic acid groups (broad SMARTS) is 1. The first-order valence-electron chi connectivity index (χ1n) is 19.0. The van der Waals surface area contributed by atoms with E-state index >= 15 is 0 Å². The van der Waals surface area contributed by atoms with Crippen LogP contribution in [0.15, 0.2) is 0 Å². The van der Waals surface area contributed by atoms with Gasteiger partial charge in [0, 0.05) is 48.3 Å². The Labute approximate surface area is 330 Å². The van der Waals surface area contributed by atoms with Crippen LogP contribution >= 0.6 is 0 Å². The smallest absolute Gasteiger partial charge is 0.407 e. The number of hydrogen-bond donors (Lipinski definition) is 4. The first kappa shape index (κ1) is 49.0. The van der Waals surface area contributed by atoms with Gasteiger partial charge in [0.1, 0.15) is 36.3 Å². The van der Waals surface area contributed by atoms with Crippen molar-refractivity contribution < 1.29 is 48.3 Å². The van der Waals surface area contributed by atoms with E-state index in [1.807, 2.05) is 13.8 Å². The second kappa shape index (κ2) is 21.9. The van der Waals surface area contributed by atoms with Gasteiger partial charge in [-0.05, 0) is 58.3 Å². The first-order chi connectivity index (χ1) is 25.8. The van der Waals surface area contributed by atoms with Crippen LogP contribution in [0, 0.1) is 11.8 Å². The third-order valence-electron chi connectivity index (χ3n) is 10.2. The van der Waals surface area contributed by atoms with Crippen LogP contribution in [-0.4, -0.2) is 179 Å². The van der Waals surface area contributed by atoms with Crippen molar-refractivity contribution in [2.24, 2.45) is 17.6 Å². The van der Waals surface area contributed by atoms with Gasteiger partial charge in [-0.2, -0.15) is 0 Å². The third kappa shape index (κ3) is 13.6. The minimum Gasteiger partial charge on any atom is -0.465 e. The SMILES string of the molecule is CC(C)C[C@H](NC(=O)[C@H](C)N(C)C(=O)O)C(=O)N(C)CC(=O)N(C)[C@@H](C)C(=O)N[C@@H](C)C(=O)N(C)[C@H](C(=O)N(C)[C@@H](CC(N)=O)C(=O)N1CCCCC1)C(C)C. The Balaban J connectivity index is 3.03. The number of likely N-dealkylation sites (N-methyl/N-ethyl adjacent to an activating group) is 5. The first-order valence-corrected chi connectivity index (χ1v) is 19.0. The van der Waals surface area contributed by atoms with Gasteiger partial charge in [0.05, 0.1) is 13.0 Å². The lowest BCUT2D eigenvalue weighted by molar-refractivity contribution is -0.153. The second-order valence-electron chi connectivity index (χ2n) is 15.5. The molecule has 0 aromatic carbocycles. The average Bonchev–Trinajstić information content (AvgIpc) is 3.13. The third-order valence-corrected chi connectivity index (χ3v) is 10.2. The molecule has 5 N–H and O–H groups in total. The standard InChI is InChI=1S/C37H65N9O10/c1-21(2)18-26(40-32(50)25(7)43(10)37(55)56)34(52)41(8)20-29(48)42(9)24(6)31(49)39-23(5)33(51)45(12)30(22(3)4)36(54)44(11)27(19-28(38)47)35(53)46-16-14-13-15-17-46/h21-27,30H,13-20H2,1-12H3,(H2,38,47)(H,39,49)(H,40,50)(H,55,56)/t23-,24-,25-,26-,27-,30-/m0/s1. The molecule has 19 heteroatoms. The molecular formula is C37H65N9O10. The summed E-state index contributed by atoms with van der Waals surface area (Å²) < 4.78 is 0. The molecule has 1 rings (SSSR count). The normalized spacial score (nSPS) is 16.0. The zero-order valence-corrected chi connectivity index (χ0v) is 35.2. The molecule has 0 aliphatic carbocycles. The van der Waals surface area contributed by atoms with E-state index in [0.717, 1.165) is 34.0 Å². The molecule has 19 nitrogen and oxygen atoms in total. The summed E-state index contributed by atoms with van der Waals surface area (Å²) in [6, 6.07) is -6.62. The predicted octanol–water partition coefficient (Wildman–Crippen LogP) is -0.476. The Hall–Kier alpha value is -4.97. The zero-order chi connectivity index (χ0) is 43.4. The van der Waals surface area contributed by atoms with Gasteiger partial charge in [-0.25, -0.2) is 4.79 Å². The van der Waals surface area contributed by atoms with Crippen LogP contribution in [0.1, 0.15) is 80.6 Å². The summed E-state index contributed by atoms with van der Waals surface area (Å²) in [4.78, 5) is 124. The minimum atomic E-state index is -1.32. The summed E-state index contributed by atoms with van der Waals surface area (Å²) in [5.41, 5.74) is 5.47. The molecule has 0 aromatic heterocycles.